The third-order valence-corrected chi connectivity index (χ3v) is 6.56. The summed E-state index contributed by atoms with van der Waals surface area (Å²) in [4.78, 5) is 4.95. The summed E-state index contributed by atoms with van der Waals surface area (Å²) in [5.41, 5.74) is 0.713. The molecule has 0 amide bonds. The highest BCUT2D eigenvalue weighted by molar-refractivity contribution is 5.35. The fourth-order valence-corrected chi connectivity index (χ4v) is 4.78. The smallest absolute Gasteiger partial charge is 0.127 e. The molecule has 0 aromatic heterocycles. The largest absolute Gasteiger partial charge is 0.457 e. The van der Waals surface area contributed by atoms with Crippen LogP contribution < -0.4 is 4.74 Å². The zero-order valence-electron chi connectivity index (χ0n) is 17.6. The van der Waals surface area contributed by atoms with Crippen LogP contribution >= 0.6 is 0 Å². The Balaban J connectivity index is 1.57. The summed E-state index contributed by atoms with van der Waals surface area (Å²) in [6.07, 6.45) is 6.20. The number of para-hydroxylation sites is 1. The Morgan fingerprint density at radius 3 is 2.31 bits per heavy atom. The molecule has 1 N–H and O–H groups in total. The van der Waals surface area contributed by atoms with E-state index in [1.165, 1.54) is 12.0 Å². The first-order valence-electron chi connectivity index (χ1n) is 11.1. The molecule has 0 spiro atoms. The molecular weight excluding hydrogens is 360 g/mol. The monoisotopic (exact) mass is 394 g/mol. The lowest BCUT2D eigenvalue weighted by molar-refractivity contribution is -0.0333. The van der Waals surface area contributed by atoms with Gasteiger partial charge in [-0.3, -0.25) is 4.90 Å². The van der Waals surface area contributed by atoms with Gasteiger partial charge in [-0.2, -0.15) is 0 Å². The molecule has 4 nitrogen and oxygen atoms in total. The van der Waals surface area contributed by atoms with Gasteiger partial charge in [0.1, 0.15) is 11.5 Å². The average Bonchev–Trinajstić information content (AvgIpc) is 2.74. The van der Waals surface area contributed by atoms with Crippen molar-refractivity contribution in [3.63, 3.8) is 0 Å². The van der Waals surface area contributed by atoms with Crippen molar-refractivity contribution >= 4 is 0 Å². The van der Waals surface area contributed by atoms with E-state index in [-0.39, 0.29) is 6.04 Å². The standard InChI is InChI=1S/C25H34N2O2/c1-26-15-17-27(18-16-26)24(20-25(28)13-6-3-7-14-25)21-9-8-12-23(19-21)29-22-10-4-2-5-11-22/h2,4-5,8-12,19,24,28H,3,6-7,13-18,20H2,1H3. The van der Waals surface area contributed by atoms with Gasteiger partial charge in [-0.05, 0) is 56.1 Å². The van der Waals surface area contributed by atoms with Crippen molar-refractivity contribution in [1.29, 1.82) is 0 Å². The van der Waals surface area contributed by atoms with Crippen molar-refractivity contribution in [2.75, 3.05) is 33.2 Å². The normalized spacial score (nSPS) is 21.6. The van der Waals surface area contributed by atoms with Gasteiger partial charge >= 0.3 is 0 Å². The van der Waals surface area contributed by atoms with E-state index in [2.05, 4.69) is 35.0 Å². The number of piperazine rings is 1. The summed E-state index contributed by atoms with van der Waals surface area (Å²) >= 11 is 0. The molecule has 29 heavy (non-hydrogen) atoms. The Morgan fingerprint density at radius 2 is 1.59 bits per heavy atom. The molecule has 1 aliphatic heterocycles. The van der Waals surface area contributed by atoms with Crippen LogP contribution in [0.5, 0.6) is 11.5 Å². The minimum absolute atomic E-state index is 0.228. The predicted octanol–water partition coefficient (Wildman–Crippen LogP) is 4.85. The maximum atomic E-state index is 11.3. The molecule has 2 fully saturated rings. The van der Waals surface area contributed by atoms with Crippen molar-refractivity contribution in [3.8, 4) is 11.5 Å². The summed E-state index contributed by atoms with van der Waals surface area (Å²) in [5, 5.41) is 11.3. The minimum Gasteiger partial charge on any atom is -0.457 e. The quantitative estimate of drug-likeness (QED) is 0.760. The minimum atomic E-state index is -0.539. The molecule has 0 bridgehead atoms. The molecule has 156 valence electrons. The van der Waals surface area contributed by atoms with Gasteiger partial charge in [0.25, 0.3) is 0 Å². The van der Waals surface area contributed by atoms with Crippen molar-refractivity contribution in [2.24, 2.45) is 0 Å². The molecule has 2 aromatic carbocycles. The van der Waals surface area contributed by atoms with E-state index >= 15 is 0 Å². The molecule has 2 aliphatic rings. The van der Waals surface area contributed by atoms with Crippen LogP contribution in [-0.4, -0.2) is 53.7 Å². The highest BCUT2D eigenvalue weighted by Gasteiger charge is 2.35. The molecule has 4 heteroatoms. The number of ether oxygens (including phenoxy) is 1. The van der Waals surface area contributed by atoms with E-state index in [1.54, 1.807) is 0 Å². The second-order valence-corrected chi connectivity index (χ2v) is 8.83. The van der Waals surface area contributed by atoms with E-state index in [0.717, 1.165) is 69.8 Å². The molecule has 2 aromatic rings. The van der Waals surface area contributed by atoms with Crippen LogP contribution in [0.3, 0.4) is 0 Å². The topological polar surface area (TPSA) is 35.9 Å². The first-order chi connectivity index (χ1) is 14.1. The van der Waals surface area contributed by atoms with Crippen LogP contribution in [0.15, 0.2) is 54.6 Å². The fraction of sp³-hybridized carbons (Fsp3) is 0.520. The van der Waals surface area contributed by atoms with Crippen LogP contribution in [0, 0.1) is 0 Å². The predicted molar refractivity (Wildman–Crippen MR) is 117 cm³/mol. The summed E-state index contributed by atoms with van der Waals surface area (Å²) in [7, 11) is 2.19. The van der Waals surface area contributed by atoms with Crippen LogP contribution in [0.4, 0.5) is 0 Å². The molecule has 1 unspecified atom stereocenters. The zero-order valence-corrected chi connectivity index (χ0v) is 17.6. The Bertz CT molecular complexity index is 765. The van der Waals surface area contributed by atoms with Gasteiger partial charge in [0.2, 0.25) is 0 Å². The van der Waals surface area contributed by atoms with Gasteiger partial charge in [-0.1, -0.05) is 49.6 Å². The maximum Gasteiger partial charge on any atom is 0.127 e. The Hall–Kier alpha value is -1.88. The van der Waals surface area contributed by atoms with Gasteiger partial charge in [0.15, 0.2) is 0 Å². The van der Waals surface area contributed by atoms with Gasteiger partial charge in [0, 0.05) is 32.2 Å². The van der Waals surface area contributed by atoms with Crippen LogP contribution in [0.25, 0.3) is 0 Å². The number of aliphatic hydroxyl groups is 1. The molecule has 1 atom stereocenters. The highest BCUT2D eigenvalue weighted by Crippen LogP contribution is 2.39. The van der Waals surface area contributed by atoms with Gasteiger partial charge in [-0.25, -0.2) is 0 Å². The summed E-state index contributed by atoms with van der Waals surface area (Å²) < 4.78 is 6.10. The third kappa shape index (κ3) is 5.39. The second-order valence-electron chi connectivity index (χ2n) is 8.83. The van der Waals surface area contributed by atoms with E-state index in [9.17, 15) is 5.11 Å². The lowest BCUT2D eigenvalue weighted by atomic mass is 9.79. The highest BCUT2D eigenvalue weighted by atomic mass is 16.5. The maximum absolute atomic E-state index is 11.3. The van der Waals surface area contributed by atoms with Crippen LogP contribution in [0.2, 0.25) is 0 Å². The number of likely N-dealkylation sites (N-methyl/N-ethyl adjacent to an activating group) is 1. The lowest BCUT2D eigenvalue weighted by Crippen LogP contribution is -2.48. The van der Waals surface area contributed by atoms with Crippen molar-refractivity contribution in [2.45, 2.75) is 50.2 Å². The Morgan fingerprint density at radius 1 is 0.897 bits per heavy atom. The van der Waals surface area contributed by atoms with Crippen LogP contribution in [0.1, 0.15) is 50.1 Å². The zero-order chi connectivity index (χ0) is 20.1. The van der Waals surface area contributed by atoms with Crippen LogP contribution in [-0.2, 0) is 0 Å². The number of hydrogen-bond acceptors (Lipinski definition) is 4. The molecular formula is C25H34N2O2. The van der Waals surface area contributed by atoms with Gasteiger partial charge in [-0.15, -0.1) is 0 Å². The van der Waals surface area contributed by atoms with E-state index < -0.39 is 5.60 Å². The van der Waals surface area contributed by atoms with Gasteiger partial charge in [0.05, 0.1) is 5.60 Å². The number of nitrogens with zero attached hydrogens (tertiary/aromatic N) is 2. The molecule has 1 saturated heterocycles. The summed E-state index contributed by atoms with van der Waals surface area (Å²) in [6.45, 7) is 4.24. The van der Waals surface area contributed by atoms with E-state index in [1.807, 2.05) is 36.4 Å². The Labute approximate surface area is 175 Å². The first kappa shape index (κ1) is 20.4. The van der Waals surface area contributed by atoms with Crippen molar-refractivity contribution in [3.05, 3.63) is 60.2 Å². The number of benzene rings is 2. The molecule has 1 heterocycles. The summed E-state index contributed by atoms with van der Waals surface area (Å²) in [5.74, 6) is 1.72. The SMILES string of the molecule is CN1CCN(C(CC2(O)CCCCC2)c2cccc(Oc3ccccc3)c2)CC1. The van der Waals surface area contributed by atoms with Gasteiger partial charge < -0.3 is 14.7 Å². The van der Waals surface area contributed by atoms with E-state index in [0.29, 0.717) is 0 Å². The lowest BCUT2D eigenvalue weighted by Gasteiger charge is -2.43. The first-order valence-corrected chi connectivity index (χ1v) is 11.1. The van der Waals surface area contributed by atoms with Crippen molar-refractivity contribution in [1.82, 2.24) is 9.80 Å². The number of rotatable bonds is 6. The summed E-state index contributed by atoms with van der Waals surface area (Å²) in [6, 6.07) is 18.6. The number of hydrogen-bond donors (Lipinski definition) is 1. The third-order valence-electron chi connectivity index (χ3n) is 6.56. The van der Waals surface area contributed by atoms with Crippen molar-refractivity contribution < 1.29 is 9.84 Å². The molecule has 0 radical (unpaired) electrons. The fourth-order valence-electron chi connectivity index (χ4n) is 4.78. The average molecular weight is 395 g/mol. The molecule has 1 aliphatic carbocycles. The second kappa shape index (κ2) is 9.29. The molecule has 4 rings (SSSR count). The Kier molecular flexibility index (Phi) is 6.53. The molecule has 1 saturated carbocycles. The van der Waals surface area contributed by atoms with E-state index in [4.69, 9.17) is 4.74 Å².